The number of rotatable bonds is 3. The van der Waals surface area contributed by atoms with Crippen LogP contribution >= 0.6 is 11.6 Å². The predicted octanol–water partition coefficient (Wildman–Crippen LogP) is 3.97. The highest BCUT2D eigenvalue weighted by Gasteiger charge is 2.11. The molecule has 0 heterocycles. The lowest BCUT2D eigenvalue weighted by Crippen LogP contribution is -1.92. The number of carbonyl (C=O) groups is 1. The molecule has 2 aromatic rings. The van der Waals surface area contributed by atoms with Gasteiger partial charge in [-0.2, -0.15) is 0 Å². The molecule has 2 nitrogen and oxygen atoms in total. The number of hydrogen-bond acceptors (Lipinski definition) is 2. The maximum Gasteiger partial charge on any atom is 0.150 e. The Kier molecular flexibility index (Phi) is 3.63. The molecule has 0 aliphatic heterocycles. The van der Waals surface area contributed by atoms with Crippen molar-refractivity contribution >= 4 is 17.9 Å². The summed E-state index contributed by atoms with van der Waals surface area (Å²) in [5, 5.41) is 0.317. The van der Waals surface area contributed by atoms with Gasteiger partial charge in [0.15, 0.2) is 6.29 Å². The number of benzene rings is 2. The number of halogens is 2. The van der Waals surface area contributed by atoms with Crippen LogP contribution in [0.4, 0.5) is 4.39 Å². The van der Waals surface area contributed by atoms with Crippen molar-refractivity contribution in [2.45, 2.75) is 0 Å². The Hall–Kier alpha value is -1.87. The number of aldehydes is 1. The van der Waals surface area contributed by atoms with Crippen LogP contribution < -0.4 is 4.74 Å². The molecule has 0 bridgehead atoms. The molecule has 92 valence electrons. The average Bonchev–Trinajstić information content (AvgIpc) is 2.38. The van der Waals surface area contributed by atoms with Gasteiger partial charge in [0, 0.05) is 16.1 Å². The molecule has 0 saturated heterocycles. The maximum atomic E-state index is 13.8. The summed E-state index contributed by atoms with van der Waals surface area (Å²) in [7, 11) is 1.51. The predicted molar refractivity (Wildman–Crippen MR) is 68.8 cm³/mol. The summed E-state index contributed by atoms with van der Waals surface area (Å²) in [6.45, 7) is 0. The van der Waals surface area contributed by atoms with Crippen LogP contribution in [-0.4, -0.2) is 13.4 Å². The second-order valence-electron chi connectivity index (χ2n) is 3.70. The van der Waals surface area contributed by atoms with Gasteiger partial charge in [0.25, 0.3) is 0 Å². The van der Waals surface area contributed by atoms with E-state index < -0.39 is 5.82 Å². The fourth-order valence-electron chi connectivity index (χ4n) is 1.72. The van der Waals surface area contributed by atoms with Crippen LogP contribution in [0.25, 0.3) is 11.1 Å². The minimum Gasteiger partial charge on any atom is -0.497 e. The molecule has 0 atom stereocenters. The first kappa shape index (κ1) is 12.6. The van der Waals surface area contributed by atoms with Crippen LogP contribution in [0.2, 0.25) is 5.02 Å². The summed E-state index contributed by atoms with van der Waals surface area (Å²) >= 11 is 5.70. The minimum atomic E-state index is -0.462. The molecule has 0 spiro atoms. The molecule has 0 N–H and O–H groups in total. The summed E-state index contributed by atoms with van der Waals surface area (Å²) in [5.74, 6) is 0.0889. The molecule has 18 heavy (non-hydrogen) atoms. The molecule has 0 aliphatic carbocycles. The molecule has 0 aromatic heterocycles. The van der Waals surface area contributed by atoms with E-state index in [-0.39, 0.29) is 0 Å². The quantitative estimate of drug-likeness (QED) is 0.784. The van der Waals surface area contributed by atoms with Crippen LogP contribution in [0.5, 0.6) is 5.75 Å². The fourth-order valence-corrected chi connectivity index (χ4v) is 1.88. The number of hydrogen-bond donors (Lipinski definition) is 0. The van der Waals surface area contributed by atoms with Gasteiger partial charge in [0.05, 0.1) is 7.11 Å². The Morgan fingerprint density at radius 1 is 1.17 bits per heavy atom. The zero-order valence-electron chi connectivity index (χ0n) is 9.61. The van der Waals surface area contributed by atoms with E-state index in [0.29, 0.717) is 33.7 Å². The first-order valence-electron chi connectivity index (χ1n) is 5.24. The number of ether oxygens (including phenoxy) is 1. The Morgan fingerprint density at radius 2 is 1.89 bits per heavy atom. The lowest BCUT2D eigenvalue weighted by Gasteiger charge is -2.08. The SMILES string of the molecule is COc1ccc(-c2ccc(Cl)cc2F)c(C=O)c1. The Bertz CT molecular complexity index is 596. The molecular weight excluding hydrogens is 255 g/mol. The molecule has 0 unspecified atom stereocenters. The third-order valence-corrected chi connectivity index (χ3v) is 2.84. The van der Waals surface area contributed by atoms with Crippen molar-refractivity contribution in [2.24, 2.45) is 0 Å². The lowest BCUT2D eigenvalue weighted by molar-refractivity contribution is 0.112. The van der Waals surface area contributed by atoms with Crippen molar-refractivity contribution in [2.75, 3.05) is 7.11 Å². The van der Waals surface area contributed by atoms with Gasteiger partial charge < -0.3 is 4.74 Å². The Morgan fingerprint density at radius 3 is 2.50 bits per heavy atom. The first-order chi connectivity index (χ1) is 8.65. The smallest absolute Gasteiger partial charge is 0.150 e. The van der Waals surface area contributed by atoms with Crippen molar-refractivity contribution in [1.29, 1.82) is 0 Å². The van der Waals surface area contributed by atoms with E-state index in [9.17, 15) is 9.18 Å². The van der Waals surface area contributed by atoms with Gasteiger partial charge in [0.2, 0.25) is 0 Å². The lowest BCUT2D eigenvalue weighted by atomic mass is 9.99. The third kappa shape index (κ3) is 2.36. The highest BCUT2D eigenvalue weighted by atomic mass is 35.5. The van der Waals surface area contributed by atoms with Crippen LogP contribution in [0.15, 0.2) is 36.4 Å². The van der Waals surface area contributed by atoms with Crippen LogP contribution in [0.1, 0.15) is 10.4 Å². The van der Waals surface area contributed by atoms with E-state index >= 15 is 0 Å². The molecular formula is C14H10ClFO2. The molecule has 4 heteroatoms. The Labute approximate surface area is 109 Å². The summed E-state index contributed by atoms with van der Waals surface area (Å²) in [6.07, 6.45) is 0.673. The largest absolute Gasteiger partial charge is 0.497 e. The van der Waals surface area contributed by atoms with Gasteiger partial charge in [0.1, 0.15) is 11.6 Å². The number of methoxy groups -OCH3 is 1. The summed E-state index contributed by atoms with van der Waals surface area (Å²) in [6, 6.07) is 9.24. The maximum absolute atomic E-state index is 13.8. The highest BCUT2D eigenvalue weighted by Crippen LogP contribution is 2.29. The van der Waals surface area contributed by atoms with Gasteiger partial charge >= 0.3 is 0 Å². The normalized spacial score (nSPS) is 10.2. The van der Waals surface area contributed by atoms with Crippen LogP contribution in [-0.2, 0) is 0 Å². The van der Waals surface area contributed by atoms with E-state index in [2.05, 4.69) is 0 Å². The zero-order valence-corrected chi connectivity index (χ0v) is 10.4. The zero-order chi connectivity index (χ0) is 13.1. The third-order valence-electron chi connectivity index (χ3n) is 2.61. The van der Waals surface area contributed by atoms with Crippen molar-refractivity contribution < 1.29 is 13.9 Å². The van der Waals surface area contributed by atoms with Gasteiger partial charge in [-0.05, 0) is 42.0 Å². The molecule has 0 aliphatic rings. The van der Waals surface area contributed by atoms with Crippen molar-refractivity contribution in [3.63, 3.8) is 0 Å². The molecule has 2 aromatic carbocycles. The topological polar surface area (TPSA) is 26.3 Å². The summed E-state index contributed by atoms with van der Waals surface area (Å²) in [5.41, 5.74) is 1.22. The highest BCUT2D eigenvalue weighted by molar-refractivity contribution is 6.30. The van der Waals surface area contributed by atoms with Gasteiger partial charge in [-0.3, -0.25) is 4.79 Å². The molecule has 2 rings (SSSR count). The van der Waals surface area contributed by atoms with Crippen molar-refractivity contribution in [3.05, 3.63) is 52.8 Å². The number of carbonyl (C=O) groups excluding carboxylic acids is 1. The molecule has 0 radical (unpaired) electrons. The van der Waals surface area contributed by atoms with Gasteiger partial charge in [-0.1, -0.05) is 11.6 Å². The van der Waals surface area contributed by atoms with Crippen LogP contribution in [0, 0.1) is 5.82 Å². The van der Waals surface area contributed by atoms with Gasteiger partial charge in [-0.25, -0.2) is 4.39 Å². The van der Waals surface area contributed by atoms with E-state index in [1.165, 1.54) is 13.2 Å². The summed E-state index contributed by atoms with van der Waals surface area (Å²) < 4.78 is 18.8. The standard InChI is InChI=1S/C14H10ClFO2/c1-18-11-3-5-12(9(6-11)8-17)13-4-2-10(15)7-14(13)16/h2-8H,1H3. The molecule has 0 amide bonds. The van der Waals surface area contributed by atoms with Crippen molar-refractivity contribution in [1.82, 2.24) is 0 Å². The first-order valence-corrected chi connectivity index (χ1v) is 5.62. The monoisotopic (exact) mass is 264 g/mol. The van der Waals surface area contributed by atoms with Crippen molar-refractivity contribution in [3.8, 4) is 16.9 Å². The average molecular weight is 265 g/mol. The second-order valence-corrected chi connectivity index (χ2v) is 4.13. The molecule has 0 fully saturated rings. The summed E-state index contributed by atoms with van der Waals surface area (Å²) in [4.78, 5) is 11.0. The van der Waals surface area contributed by atoms with Crippen LogP contribution in [0.3, 0.4) is 0 Å². The van der Waals surface area contributed by atoms with Gasteiger partial charge in [-0.15, -0.1) is 0 Å². The fraction of sp³-hybridized carbons (Fsp3) is 0.0714. The van der Waals surface area contributed by atoms with E-state index in [4.69, 9.17) is 16.3 Å². The molecule has 0 saturated carbocycles. The van der Waals surface area contributed by atoms with E-state index in [0.717, 1.165) is 0 Å². The van der Waals surface area contributed by atoms with E-state index in [1.54, 1.807) is 30.3 Å². The minimum absolute atomic E-state index is 0.317. The Balaban J connectivity index is 2.59. The van der Waals surface area contributed by atoms with E-state index in [1.807, 2.05) is 0 Å². The second kappa shape index (κ2) is 5.19.